The van der Waals surface area contributed by atoms with Crippen molar-refractivity contribution in [1.82, 2.24) is 14.8 Å². The van der Waals surface area contributed by atoms with E-state index in [0.29, 0.717) is 39.3 Å². The first-order chi connectivity index (χ1) is 14.0. The lowest BCUT2D eigenvalue weighted by Gasteiger charge is -2.37. The molecule has 0 aromatic carbocycles. The van der Waals surface area contributed by atoms with Crippen LogP contribution in [0.5, 0.6) is 0 Å². The van der Waals surface area contributed by atoms with Crippen LogP contribution < -0.4 is 4.90 Å². The summed E-state index contributed by atoms with van der Waals surface area (Å²) >= 11 is 0. The fourth-order valence-corrected chi connectivity index (χ4v) is 3.54. The molecule has 0 spiro atoms. The highest BCUT2D eigenvalue weighted by atomic mass is 19.4. The molecule has 0 radical (unpaired) electrons. The van der Waals surface area contributed by atoms with Gasteiger partial charge in [0.2, 0.25) is 0 Å². The number of hydrogen-bond acceptors (Lipinski definition) is 5. The van der Waals surface area contributed by atoms with E-state index in [-0.39, 0.29) is 11.4 Å². The first-order valence-corrected chi connectivity index (χ1v) is 10.0. The number of carbonyl (C=O) groups excluding carboxylic acids is 2. The predicted octanol–water partition coefficient (Wildman–Crippen LogP) is 3.39. The molecule has 2 fully saturated rings. The van der Waals surface area contributed by atoms with Crippen LogP contribution in [0.25, 0.3) is 0 Å². The first-order valence-electron chi connectivity index (χ1n) is 10.0. The quantitative estimate of drug-likeness (QED) is 0.723. The highest BCUT2D eigenvalue weighted by Gasteiger charge is 2.35. The maximum Gasteiger partial charge on any atom is 0.417 e. The van der Waals surface area contributed by atoms with E-state index in [1.165, 1.54) is 0 Å². The molecular formula is C20H27F3N4O3. The second-order valence-electron chi connectivity index (χ2n) is 8.55. The van der Waals surface area contributed by atoms with Crippen LogP contribution in [0.4, 0.5) is 23.8 Å². The molecule has 10 heteroatoms. The zero-order valence-corrected chi connectivity index (χ0v) is 17.5. The number of hydrogen-bond donors (Lipinski definition) is 0. The van der Waals surface area contributed by atoms with E-state index in [9.17, 15) is 22.8 Å². The highest BCUT2D eigenvalue weighted by Crippen LogP contribution is 2.32. The molecule has 7 nitrogen and oxygen atoms in total. The van der Waals surface area contributed by atoms with Gasteiger partial charge in [-0.2, -0.15) is 13.2 Å². The standard InChI is InChI=1S/C20H27F3N4O3/c1-19(2,3)30-18(29)27-10-8-25(9-11-27)16-15(17(28)26-6-4-5-7-26)12-14(13-24-16)20(21,22)23/h12-13H,4-11H2,1-3H3. The number of halogens is 3. The van der Waals surface area contributed by atoms with Crippen LogP contribution >= 0.6 is 0 Å². The molecule has 2 aliphatic heterocycles. The lowest BCUT2D eigenvalue weighted by atomic mass is 10.1. The summed E-state index contributed by atoms with van der Waals surface area (Å²) < 4.78 is 45.0. The summed E-state index contributed by atoms with van der Waals surface area (Å²) in [5.74, 6) is -0.209. The van der Waals surface area contributed by atoms with Crippen molar-refractivity contribution in [2.75, 3.05) is 44.2 Å². The van der Waals surface area contributed by atoms with Gasteiger partial charge in [0.05, 0.1) is 11.1 Å². The molecule has 2 amide bonds. The van der Waals surface area contributed by atoms with Crippen molar-refractivity contribution in [1.29, 1.82) is 0 Å². The van der Waals surface area contributed by atoms with Gasteiger partial charge in [0.25, 0.3) is 5.91 Å². The minimum Gasteiger partial charge on any atom is -0.444 e. The number of amides is 2. The van der Waals surface area contributed by atoms with E-state index in [2.05, 4.69) is 4.98 Å². The van der Waals surface area contributed by atoms with Gasteiger partial charge in [0.1, 0.15) is 11.4 Å². The average molecular weight is 428 g/mol. The SMILES string of the molecule is CC(C)(C)OC(=O)N1CCN(c2ncc(C(F)(F)F)cc2C(=O)N2CCCC2)CC1. The molecule has 30 heavy (non-hydrogen) atoms. The van der Waals surface area contributed by atoms with Gasteiger partial charge in [-0.3, -0.25) is 4.79 Å². The van der Waals surface area contributed by atoms with E-state index < -0.39 is 29.3 Å². The largest absolute Gasteiger partial charge is 0.444 e. The van der Waals surface area contributed by atoms with Gasteiger partial charge in [-0.15, -0.1) is 0 Å². The number of carbonyl (C=O) groups is 2. The van der Waals surface area contributed by atoms with Crippen molar-refractivity contribution in [2.24, 2.45) is 0 Å². The second kappa shape index (κ2) is 8.31. The van der Waals surface area contributed by atoms with Gasteiger partial charge < -0.3 is 19.4 Å². The predicted molar refractivity (Wildman–Crippen MR) is 104 cm³/mol. The Labute approximate surface area is 173 Å². The van der Waals surface area contributed by atoms with Crippen molar-refractivity contribution in [2.45, 2.75) is 45.4 Å². The molecule has 0 unspecified atom stereocenters. The van der Waals surface area contributed by atoms with Crippen molar-refractivity contribution in [3.8, 4) is 0 Å². The molecule has 3 rings (SSSR count). The maximum atomic E-state index is 13.2. The van der Waals surface area contributed by atoms with Crippen LogP contribution in [-0.4, -0.2) is 71.7 Å². The molecule has 0 bridgehead atoms. The molecule has 2 aliphatic rings. The fraction of sp³-hybridized carbons (Fsp3) is 0.650. The Morgan fingerprint density at radius 1 is 0.967 bits per heavy atom. The number of ether oxygens (including phenoxy) is 1. The number of anilines is 1. The number of aromatic nitrogens is 1. The smallest absolute Gasteiger partial charge is 0.417 e. The Balaban J connectivity index is 1.80. The van der Waals surface area contributed by atoms with Crippen molar-refractivity contribution in [3.63, 3.8) is 0 Å². The fourth-order valence-electron chi connectivity index (χ4n) is 3.54. The molecular weight excluding hydrogens is 401 g/mol. The number of rotatable bonds is 2. The van der Waals surface area contributed by atoms with Crippen molar-refractivity contribution < 1.29 is 27.5 Å². The molecule has 1 aromatic rings. The van der Waals surface area contributed by atoms with Gasteiger partial charge in [0.15, 0.2) is 0 Å². The minimum atomic E-state index is -4.58. The zero-order valence-electron chi connectivity index (χ0n) is 17.5. The van der Waals surface area contributed by atoms with E-state index in [1.807, 2.05) is 0 Å². The van der Waals surface area contributed by atoms with Crippen molar-refractivity contribution in [3.05, 3.63) is 23.4 Å². The first kappa shape index (κ1) is 22.2. The Hall–Kier alpha value is -2.52. The minimum absolute atomic E-state index is 0.0440. The Kier molecular flexibility index (Phi) is 6.14. The molecule has 1 aromatic heterocycles. The second-order valence-corrected chi connectivity index (χ2v) is 8.55. The summed E-state index contributed by atoms with van der Waals surface area (Å²) in [6.07, 6.45) is -2.59. The number of alkyl halides is 3. The van der Waals surface area contributed by atoms with Crippen LogP contribution in [0.3, 0.4) is 0 Å². The van der Waals surface area contributed by atoms with Gasteiger partial charge in [-0.05, 0) is 39.7 Å². The number of likely N-dealkylation sites (tertiary alicyclic amines) is 1. The zero-order chi connectivity index (χ0) is 22.1. The molecule has 0 saturated carbocycles. The third-order valence-corrected chi connectivity index (χ3v) is 5.05. The van der Waals surface area contributed by atoms with Gasteiger partial charge in [-0.1, -0.05) is 0 Å². The summed E-state index contributed by atoms with van der Waals surface area (Å²) in [6, 6.07) is 0.892. The average Bonchev–Trinajstić information content (AvgIpc) is 3.20. The van der Waals surface area contributed by atoms with Crippen LogP contribution in [0.1, 0.15) is 49.5 Å². The normalized spacial score (nSPS) is 18.0. The van der Waals surface area contributed by atoms with E-state index >= 15 is 0 Å². The molecule has 0 N–H and O–H groups in total. The Morgan fingerprint density at radius 3 is 2.10 bits per heavy atom. The third kappa shape index (κ3) is 5.14. The summed E-state index contributed by atoms with van der Waals surface area (Å²) in [5, 5.41) is 0. The number of nitrogens with zero attached hydrogens (tertiary/aromatic N) is 4. The lowest BCUT2D eigenvalue weighted by molar-refractivity contribution is -0.137. The monoisotopic (exact) mass is 428 g/mol. The summed E-state index contributed by atoms with van der Waals surface area (Å²) in [4.78, 5) is 34.1. The topological polar surface area (TPSA) is 66.0 Å². The highest BCUT2D eigenvalue weighted by molar-refractivity contribution is 5.99. The molecule has 0 atom stereocenters. The summed E-state index contributed by atoms with van der Waals surface area (Å²) in [5.41, 5.74) is -1.60. The number of pyridine rings is 1. The molecule has 2 saturated heterocycles. The van der Waals surface area contributed by atoms with Gasteiger partial charge in [-0.25, -0.2) is 9.78 Å². The van der Waals surface area contributed by atoms with Crippen LogP contribution in [0.2, 0.25) is 0 Å². The van der Waals surface area contributed by atoms with Gasteiger partial charge in [0, 0.05) is 45.5 Å². The van der Waals surface area contributed by atoms with E-state index in [0.717, 1.165) is 25.1 Å². The van der Waals surface area contributed by atoms with Crippen LogP contribution in [-0.2, 0) is 10.9 Å². The van der Waals surface area contributed by atoms with E-state index in [4.69, 9.17) is 4.74 Å². The van der Waals surface area contributed by atoms with E-state index in [1.54, 1.807) is 35.5 Å². The summed E-state index contributed by atoms with van der Waals surface area (Å²) in [7, 11) is 0. The number of piperazine rings is 1. The maximum absolute atomic E-state index is 13.2. The molecule has 3 heterocycles. The van der Waals surface area contributed by atoms with Crippen LogP contribution in [0, 0.1) is 0 Å². The van der Waals surface area contributed by atoms with Crippen molar-refractivity contribution >= 4 is 17.8 Å². The Bertz CT molecular complexity index is 793. The van der Waals surface area contributed by atoms with Gasteiger partial charge >= 0.3 is 12.3 Å². The summed E-state index contributed by atoms with van der Waals surface area (Å²) in [6.45, 7) is 7.75. The molecule has 0 aliphatic carbocycles. The molecule has 166 valence electrons. The third-order valence-electron chi connectivity index (χ3n) is 5.05. The van der Waals surface area contributed by atoms with Crippen LogP contribution in [0.15, 0.2) is 12.3 Å². The lowest BCUT2D eigenvalue weighted by Crippen LogP contribution is -2.50. The Morgan fingerprint density at radius 2 is 1.57 bits per heavy atom.